The number of nitrogens with one attached hydrogen (secondary N) is 1. The van der Waals surface area contributed by atoms with E-state index in [9.17, 15) is 4.79 Å². The summed E-state index contributed by atoms with van der Waals surface area (Å²) in [5, 5.41) is 2.81. The van der Waals surface area contributed by atoms with Crippen LogP contribution in [0.1, 0.15) is 17.0 Å². The number of aryl methyl sites for hydroxylation is 2. The number of carbonyl (C=O) groups is 1. The van der Waals surface area contributed by atoms with Crippen LogP contribution in [0.25, 0.3) is 0 Å². The van der Waals surface area contributed by atoms with Gasteiger partial charge < -0.3 is 10.2 Å². The molecule has 112 valence electrons. The summed E-state index contributed by atoms with van der Waals surface area (Å²) in [5.41, 5.74) is 3.15. The summed E-state index contributed by atoms with van der Waals surface area (Å²) in [4.78, 5) is 22.5. The Morgan fingerprint density at radius 1 is 1.27 bits per heavy atom. The fourth-order valence-electron chi connectivity index (χ4n) is 2.05. The van der Waals surface area contributed by atoms with Crippen LogP contribution in [0.2, 0.25) is 0 Å². The molecule has 0 aliphatic heterocycles. The van der Waals surface area contributed by atoms with Crippen LogP contribution in [0, 0.1) is 26.2 Å². The van der Waals surface area contributed by atoms with Gasteiger partial charge >= 0.3 is 0 Å². The second kappa shape index (κ2) is 6.72. The molecule has 0 aliphatic carbocycles. The molecule has 1 amide bonds. The van der Waals surface area contributed by atoms with Gasteiger partial charge in [-0.05, 0) is 38.1 Å². The number of terminal acetylenes is 1. The maximum absolute atomic E-state index is 12.1. The number of likely N-dealkylation sites (N-methyl/N-ethyl adjacent to an activating group) is 1. The largest absolute Gasteiger partial charge is 0.335 e. The standard InChI is InChI=1S/C17H18N4O/c1-5-14-7-6-8-15(10-14)20-16(22)11-21(4)17-18-12(2)9-13(3)19-17/h1,6-10H,11H2,2-4H3,(H,20,22). The monoisotopic (exact) mass is 294 g/mol. The molecular weight excluding hydrogens is 276 g/mol. The molecule has 1 aromatic carbocycles. The molecule has 2 rings (SSSR count). The van der Waals surface area contributed by atoms with Crippen LogP contribution in [0.3, 0.4) is 0 Å². The van der Waals surface area contributed by atoms with E-state index in [1.807, 2.05) is 32.0 Å². The lowest BCUT2D eigenvalue weighted by Gasteiger charge is -2.17. The van der Waals surface area contributed by atoms with Gasteiger partial charge in [-0.1, -0.05) is 12.0 Å². The number of carbonyl (C=O) groups excluding carboxylic acids is 1. The van der Waals surface area contributed by atoms with Crippen LogP contribution < -0.4 is 10.2 Å². The number of nitrogens with zero attached hydrogens (tertiary/aromatic N) is 3. The minimum absolute atomic E-state index is 0.153. The highest BCUT2D eigenvalue weighted by Gasteiger charge is 2.11. The van der Waals surface area contributed by atoms with Crippen LogP contribution in [0.4, 0.5) is 11.6 Å². The Morgan fingerprint density at radius 3 is 2.59 bits per heavy atom. The number of hydrogen-bond donors (Lipinski definition) is 1. The number of aromatic nitrogens is 2. The summed E-state index contributed by atoms with van der Waals surface area (Å²) in [6.45, 7) is 3.96. The molecule has 0 atom stereocenters. The van der Waals surface area contributed by atoms with Gasteiger partial charge in [-0.3, -0.25) is 4.79 Å². The van der Waals surface area contributed by atoms with Crippen molar-refractivity contribution in [1.82, 2.24) is 9.97 Å². The number of rotatable bonds is 4. The molecule has 0 aliphatic rings. The Morgan fingerprint density at radius 2 is 1.95 bits per heavy atom. The van der Waals surface area contributed by atoms with E-state index in [1.54, 1.807) is 24.1 Å². The highest BCUT2D eigenvalue weighted by atomic mass is 16.2. The van der Waals surface area contributed by atoms with E-state index in [4.69, 9.17) is 6.42 Å². The molecule has 0 unspecified atom stereocenters. The van der Waals surface area contributed by atoms with Crippen molar-refractivity contribution in [2.24, 2.45) is 0 Å². The molecular formula is C17H18N4O. The first-order valence-corrected chi connectivity index (χ1v) is 6.88. The molecule has 0 fully saturated rings. The van der Waals surface area contributed by atoms with Gasteiger partial charge in [-0.25, -0.2) is 9.97 Å². The predicted octanol–water partition coefficient (Wildman–Crippen LogP) is 2.15. The van der Waals surface area contributed by atoms with Crippen LogP contribution in [0.5, 0.6) is 0 Å². The van der Waals surface area contributed by atoms with Crippen molar-refractivity contribution >= 4 is 17.5 Å². The van der Waals surface area contributed by atoms with E-state index in [0.29, 0.717) is 11.6 Å². The van der Waals surface area contributed by atoms with Gasteiger partial charge in [0.05, 0.1) is 6.54 Å². The first-order valence-electron chi connectivity index (χ1n) is 6.88. The Hall–Kier alpha value is -2.87. The highest BCUT2D eigenvalue weighted by molar-refractivity contribution is 5.93. The fraction of sp³-hybridized carbons (Fsp3) is 0.235. The molecule has 0 radical (unpaired) electrons. The van der Waals surface area contributed by atoms with Crippen LogP contribution in [0.15, 0.2) is 30.3 Å². The maximum Gasteiger partial charge on any atom is 0.243 e. The van der Waals surface area contributed by atoms with Crippen LogP contribution in [-0.2, 0) is 4.79 Å². The average Bonchev–Trinajstić information content (AvgIpc) is 2.46. The Kier molecular flexibility index (Phi) is 4.74. The minimum Gasteiger partial charge on any atom is -0.335 e. The average molecular weight is 294 g/mol. The van der Waals surface area contributed by atoms with Gasteiger partial charge in [0, 0.05) is 29.7 Å². The van der Waals surface area contributed by atoms with E-state index >= 15 is 0 Å². The third-order valence-corrected chi connectivity index (χ3v) is 3.01. The normalized spacial score (nSPS) is 9.91. The highest BCUT2D eigenvalue weighted by Crippen LogP contribution is 2.11. The topological polar surface area (TPSA) is 58.1 Å². The van der Waals surface area contributed by atoms with E-state index in [0.717, 1.165) is 17.0 Å². The summed E-state index contributed by atoms with van der Waals surface area (Å²) >= 11 is 0. The molecule has 1 aromatic heterocycles. The Balaban J connectivity index is 2.03. The van der Waals surface area contributed by atoms with Crippen molar-refractivity contribution in [3.63, 3.8) is 0 Å². The minimum atomic E-state index is -0.153. The zero-order chi connectivity index (χ0) is 16.1. The van der Waals surface area contributed by atoms with E-state index in [2.05, 4.69) is 21.2 Å². The summed E-state index contributed by atoms with van der Waals surface area (Å²) in [6, 6.07) is 9.06. The molecule has 0 saturated heterocycles. The van der Waals surface area contributed by atoms with Gasteiger partial charge in [0.1, 0.15) is 0 Å². The summed E-state index contributed by atoms with van der Waals surface area (Å²) in [7, 11) is 1.78. The van der Waals surface area contributed by atoms with Crippen molar-refractivity contribution in [2.45, 2.75) is 13.8 Å². The van der Waals surface area contributed by atoms with Gasteiger partial charge in [0.25, 0.3) is 0 Å². The third kappa shape index (κ3) is 4.06. The van der Waals surface area contributed by atoms with Crippen molar-refractivity contribution < 1.29 is 4.79 Å². The lowest BCUT2D eigenvalue weighted by molar-refractivity contribution is -0.114. The Labute approximate surface area is 130 Å². The SMILES string of the molecule is C#Cc1cccc(NC(=O)CN(C)c2nc(C)cc(C)n2)c1. The van der Waals surface area contributed by atoms with Crippen molar-refractivity contribution in [2.75, 3.05) is 23.8 Å². The van der Waals surface area contributed by atoms with Crippen LogP contribution >= 0.6 is 0 Å². The zero-order valence-corrected chi connectivity index (χ0v) is 12.9. The summed E-state index contributed by atoms with van der Waals surface area (Å²) < 4.78 is 0. The molecule has 2 aromatic rings. The molecule has 5 heteroatoms. The van der Waals surface area contributed by atoms with Gasteiger partial charge in [-0.2, -0.15) is 0 Å². The second-order valence-electron chi connectivity index (χ2n) is 5.08. The number of hydrogen-bond acceptors (Lipinski definition) is 4. The van der Waals surface area contributed by atoms with Crippen molar-refractivity contribution in [3.05, 3.63) is 47.3 Å². The zero-order valence-electron chi connectivity index (χ0n) is 12.9. The third-order valence-electron chi connectivity index (χ3n) is 3.01. The Bertz CT molecular complexity index is 713. The maximum atomic E-state index is 12.1. The molecule has 0 bridgehead atoms. The number of anilines is 2. The van der Waals surface area contributed by atoms with Crippen molar-refractivity contribution in [3.8, 4) is 12.3 Å². The first kappa shape index (κ1) is 15.5. The summed E-state index contributed by atoms with van der Waals surface area (Å²) in [6.07, 6.45) is 5.35. The number of amides is 1. The number of benzene rings is 1. The molecule has 1 heterocycles. The fourth-order valence-corrected chi connectivity index (χ4v) is 2.05. The van der Waals surface area contributed by atoms with E-state index in [-0.39, 0.29) is 12.5 Å². The van der Waals surface area contributed by atoms with Gasteiger partial charge in [0.15, 0.2) is 0 Å². The first-order chi connectivity index (χ1) is 10.5. The molecule has 5 nitrogen and oxygen atoms in total. The van der Waals surface area contributed by atoms with Gasteiger partial charge in [-0.15, -0.1) is 6.42 Å². The predicted molar refractivity (Wildman–Crippen MR) is 87.8 cm³/mol. The molecule has 1 N–H and O–H groups in total. The molecule has 0 saturated carbocycles. The van der Waals surface area contributed by atoms with E-state index < -0.39 is 0 Å². The van der Waals surface area contributed by atoms with E-state index in [1.165, 1.54) is 0 Å². The van der Waals surface area contributed by atoms with Gasteiger partial charge in [0.2, 0.25) is 11.9 Å². The quantitative estimate of drug-likeness (QED) is 0.878. The van der Waals surface area contributed by atoms with Crippen molar-refractivity contribution in [1.29, 1.82) is 0 Å². The smallest absolute Gasteiger partial charge is 0.243 e. The van der Waals surface area contributed by atoms with Crippen LogP contribution in [-0.4, -0.2) is 29.5 Å². The molecule has 22 heavy (non-hydrogen) atoms. The second-order valence-corrected chi connectivity index (χ2v) is 5.08. The molecule has 0 spiro atoms. The summed E-state index contributed by atoms with van der Waals surface area (Å²) in [5.74, 6) is 2.92. The lowest BCUT2D eigenvalue weighted by Crippen LogP contribution is -2.31. The lowest BCUT2D eigenvalue weighted by atomic mass is 10.2.